The third-order valence-electron chi connectivity index (χ3n) is 1.38. The first-order chi connectivity index (χ1) is 5.23. The van der Waals surface area contributed by atoms with Gasteiger partial charge in [0.05, 0.1) is 0 Å². The highest BCUT2D eigenvalue weighted by molar-refractivity contribution is 8.88. The van der Waals surface area contributed by atoms with Crippen LogP contribution in [-0.2, 0) is 4.57 Å². The minimum atomic E-state index is -2.59. The van der Waals surface area contributed by atoms with Gasteiger partial charge in [-0.05, 0) is 6.42 Å². The highest BCUT2D eigenvalue weighted by atomic mass is 33.1. The van der Waals surface area contributed by atoms with Crippen molar-refractivity contribution < 1.29 is 4.57 Å². The molecule has 0 aromatic heterocycles. The summed E-state index contributed by atoms with van der Waals surface area (Å²) >= 11 is 1.68. The summed E-state index contributed by atoms with van der Waals surface area (Å²) in [5, 5.41) is 10.5. The lowest BCUT2D eigenvalue weighted by Crippen LogP contribution is -2.09. The van der Waals surface area contributed by atoms with Gasteiger partial charge in [-0.1, -0.05) is 6.08 Å². The highest BCUT2D eigenvalue weighted by Crippen LogP contribution is 2.67. The van der Waals surface area contributed by atoms with Gasteiger partial charge in [0.15, 0.2) is 0 Å². The topological polar surface area (TPSA) is 72.3 Å². The highest BCUT2D eigenvalue weighted by Gasteiger charge is 2.29. The molecular formula is C4H10N3OPS2. The molecule has 4 N–H and O–H groups in total. The van der Waals surface area contributed by atoms with Crippen LogP contribution in [0.15, 0.2) is 12.3 Å². The van der Waals surface area contributed by atoms with E-state index < -0.39 is 5.70 Å². The van der Waals surface area contributed by atoms with Crippen molar-refractivity contribution in [1.29, 1.82) is 0 Å². The summed E-state index contributed by atoms with van der Waals surface area (Å²) in [7, 11) is 0. The van der Waals surface area contributed by atoms with Crippen LogP contribution >= 0.6 is 28.8 Å². The van der Waals surface area contributed by atoms with Crippen LogP contribution < -0.4 is 10.3 Å². The van der Waals surface area contributed by atoms with Crippen LogP contribution in [0, 0.1) is 0 Å². The second-order valence-electron chi connectivity index (χ2n) is 2.02. The fraction of sp³-hybridized carbons (Fsp3) is 0.500. The van der Waals surface area contributed by atoms with Crippen LogP contribution in [0.2, 0.25) is 0 Å². The molecule has 0 aliphatic carbocycles. The maximum atomic E-state index is 11.7. The van der Waals surface area contributed by atoms with E-state index in [4.69, 9.17) is 10.3 Å². The Kier molecular flexibility index (Phi) is 3.33. The zero-order chi connectivity index (χ0) is 8.32. The molecule has 1 heterocycles. The Labute approximate surface area is 73.9 Å². The molecule has 0 unspecified atom stereocenters. The molecule has 1 aliphatic heterocycles. The van der Waals surface area contributed by atoms with Gasteiger partial charge in [-0.15, -0.1) is 0 Å². The summed E-state index contributed by atoms with van der Waals surface area (Å²) in [5.41, 5.74) is -2.59. The summed E-state index contributed by atoms with van der Waals surface area (Å²) in [6.45, 7) is 0.756. The van der Waals surface area contributed by atoms with Crippen molar-refractivity contribution in [2.24, 2.45) is 10.3 Å². The molecule has 0 spiro atoms. The molecular weight excluding hydrogens is 201 g/mol. The minimum Gasteiger partial charge on any atom is -0.312 e. The maximum absolute atomic E-state index is 11.7. The van der Waals surface area contributed by atoms with Crippen molar-refractivity contribution in [3.63, 3.8) is 0 Å². The summed E-state index contributed by atoms with van der Waals surface area (Å²) in [4.78, 5) is 0. The first-order valence-corrected chi connectivity index (χ1v) is 7.66. The van der Waals surface area contributed by atoms with E-state index in [1.165, 1.54) is 0 Å². The first kappa shape index (κ1) is 9.48. The van der Waals surface area contributed by atoms with Crippen molar-refractivity contribution in [1.82, 2.24) is 4.67 Å². The van der Waals surface area contributed by atoms with Crippen LogP contribution in [-0.4, -0.2) is 11.2 Å². The lowest BCUT2D eigenvalue weighted by Gasteiger charge is -2.22. The van der Waals surface area contributed by atoms with Gasteiger partial charge in [0.2, 0.25) is 0 Å². The smallest absolute Gasteiger partial charge is 0.308 e. The molecule has 0 atom stereocenters. The van der Waals surface area contributed by atoms with Crippen molar-refractivity contribution in [2.75, 3.05) is 6.54 Å². The second-order valence-corrected chi connectivity index (χ2v) is 8.82. The van der Waals surface area contributed by atoms with Gasteiger partial charge >= 0.3 is 5.70 Å². The number of rotatable bonds is 3. The third kappa shape index (κ3) is 1.95. The Morgan fingerprint density at radius 2 is 2.09 bits per heavy atom. The minimum absolute atomic E-state index is 0.756. The van der Waals surface area contributed by atoms with Crippen LogP contribution in [0.4, 0.5) is 0 Å². The van der Waals surface area contributed by atoms with Crippen LogP contribution in [0.5, 0.6) is 0 Å². The lowest BCUT2D eigenvalue weighted by atomic mass is 10.5. The summed E-state index contributed by atoms with van der Waals surface area (Å²) in [6, 6.07) is 0. The number of hydrogen-bond acceptors (Lipinski definition) is 5. The predicted octanol–water partition coefficient (Wildman–Crippen LogP) is 1.53. The van der Waals surface area contributed by atoms with Gasteiger partial charge in [-0.2, -0.15) is 0 Å². The Morgan fingerprint density at radius 3 is 2.45 bits per heavy atom. The zero-order valence-electron chi connectivity index (χ0n) is 5.84. The molecule has 64 valence electrons. The van der Waals surface area contributed by atoms with E-state index in [0.29, 0.717) is 0 Å². The molecule has 0 fully saturated rings. The van der Waals surface area contributed by atoms with E-state index in [1.807, 2.05) is 6.08 Å². The molecule has 0 radical (unpaired) electrons. The molecule has 7 heteroatoms. The fourth-order valence-corrected chi connectivity index (χ4v) is 3.88. The average Bonchev–Trinajstić information content (AvgIpc) is 2.55. The first-order valence-electron chi connectivity index (χ1n) is 3.04. The van der Waals surface area contributed by atoms with E-state index in [9.17, 15) is 4.57 Å². The SMILES string of the molecule is NSP(=O)(SN)N1C=CCC1. The molecule has 0 bridgehead atoms. The van der Waals surface area contributed by atoms with Gasteiger partial charge in [-0.3, -0.25) is 14.8 Å². The number of nitrogens with two attached hydrogens (primary N) is 2. The normalized spacial score (nSPS) is 17.8. The quantitative estimate of drug-likeness (QED) is 0.545. The summed E-state index contributed by atoms with van der Waals surface area (Å²) in [6.07, 6.45) is 4.67. The maximum Gasteiger partial charge on any atom is 0.308 e. The Bertz CT molecular complexity index is 202. The van der Waals surface area contributed by atoms with E-state index >= 15 is 0 Å². The van der Waals surface area contributed by atoms with Gasteiger partial charge < -0.3 is 4.67 Å². The molecule has 0 aromatic rings. The van der Waals surface area contributed by atoms with E-state index in [2.05, 4.69) is 0 Å². The molecule has 1 rings (SSSR count). The van der Waals surface area contributed by atoms with E-state index in [0.717, 1.165) is 36.1 Å². The third-order valence-corrected chi connectivity index (χ3v) is 7.28. The number of nitrogens with zero attached hydrogens (tertiary/aromatic N) is 1. The van der Waals surface area contributed by atoms with Crippen molar-refractivity contribution in [3.05, 3.63) is 12.3 Å². The van der Waals surface area contributed by atoms with E-state index in [-0.39, 0.29) is 0 Å². The molecule has 0 aromatic carbocycles. The predicted molar refractivity (Wildman–Crippen MR) is 51.6 cm³/mol. The van der Waals surface area contributed by atoms with Crippen molar-refractivity contribution in [2.45, 2.75) is 6.42 Å². The molecule has 1 aliphatic rings. The van der Waals surface area contributed by atoms with Crippen molar-refractivity contribution in [3.8, 4) is 0 Å². The van der Waals surface area contributed by atoms with Gasteiger partial charge in [0, 0.05) is 35.9 Å². The fourth-order valence-electron chi connectivity index (χ4n) is 0.828. The molecule has 0 saturated heterocycles. The monoisotopic (exact) mass is 211 g/mol. The van der Waals surface area contributed by atoms with Gasteiger partial charge in [0.1, 0.15) is 0 Å². The average molecular weight is 211 g/mol. The molecule has 11 heavy (non-hydrogen) atoms. The Balaban J connectivity index is 2.69. The summed E-state index contributed by atoms with van der Waals surface area (Å²) in [5.74, 6) is 0. The standard InChI is InChI=1S/C4H10N3OPS2/c5-10-9(8,11-6)7-3-1-2-4-7/h1,3H,2,4-6H2. The zero-order valence-corrected chi connectivity index (χ0v) is 8.37. The largest absolute Gasteiger partial charge is 0.312 e. The Hall–Kier alpha value is 0.390. The number of hydrogen-bond donors (Lipinski definition) is 2. The molecule has 4 nitrogen and oxygen atoms in total. The van der Waals surface area contributed by atoms with Gasteiger partial charge in [-0.25, -0.2) is 0 Å². The molecule has 0 amide bonds. The second kappa shape index (κ2) is 3.87. The summed E-state index contributed by atoms with van der Waals surface area (Å²) < 4.78 is 13.4. The van der Waals surface area contributed by atoms with Crippen molar-refractivity contribution >= 4 is 28.8 Å². The van der Waals surface area contributed by atoms with Crippen LogP contribution in [0.1, 0.15) is 6.42 Å². The van der Waals surface area contributed by atoms with Crippen LogP contribution in [0.25, 0.3) is 0 Å². The Morgan fingerprint density at radius 1 is 1.45 bits per heavy atom. The van der Waals surface area contributed by atoms with E-state index in [1.54, 1.807) is 10.9 Å². The lowest BCUT2D eigenvalue weighted by molar-refractivity contribution is 0.540. The molecule has 0 saturated carbocycles. The van der Waals surface area contributed by atoms with Gasteiger partial charge in [0.25, 0.3) is 0 Å². The van der Waals surface area contributed by atoms with Crippen LogP contribution in [0.3, 0.4) is 0 Å².